The van der Waals surface area contributed by atoms with Crippen molar-refractivity contribution in [2.45, 2.75) is 39.7 Å². The van der Waals surface area contributed by atoms with Crippen LogP contribution in [0.4, 0.5) is 5.69 Å². The van der Waals surface area contributed by atoms with Gasteiger partial charge in [0.15, 0.2) is 0 Å². The van der Waals surface area contributed by atoms with E-state index in [1.807, 2.05) is 38.1 Å². The Morgan fingerprint density at radius 2 is 1.58 bits per heavy atom. The van der Waals surface area contributed by atoms with E-state index in [2.05, 4.69) is 28.4 Å². The number of aryl methyl sites for hydroxylation is 2. The Morgan fingerprint density at radius 1 is 0.958 bits per heavy atom. The second kappa shape index (κ2) is 7.63. The molecule has 3 nitrogen and oxygen atoms in total. The Balaban J connectivity index is 1.62. The molecule has 1 aliphatic heterocycles. The zero-order chi connectivity index (χ0) is 16.9. The molecule has 0 saturated carbocycles. The zero-order valence-corrected chi connectivity index (χ0v) is 14.6. The minimum absolute atomic E-state index is 0.0514. The highest BCUT2D eigenvalue weighted by Gasteiger charge is 2.11. The number of hydrogen-bond donors (Lipinski definition) is 1. The average molecular weight is 322 g/mol. The van der Waals surface area contributed by atoms with Crippen LogP contribution in [0.5, 0.6) is 0 Å². The number of nitrogens with zero attached hydrogens (tertiary/aromatic N) is 1. The molecule has 2 aromatic carbocycles. The molecule has 126 valence electrons. The standard InChI is InChI=1S/C21H26N2O/c1-16-12-17(2)14-20(13-16)22-21(24)19-8-6-18(7-9-19)15-23-10-4-3-5-11-23/h6-9,12-14H,3-5,10-11,15H2,1-2H3,(H,22,24). The van der Waals surface area contributed by atoms with Crippen LogP contribution in [-0.2, 0) is 6.54 Å². The van der Waals surface area contributed by atoms with Crippen molar-refractivity contribution < 1.29 is 4.79 Å². The van der Waals surface area contributed by atoms with Gasteiger partial charge in [0.1, 0.15) is 0 Å². The van der Waals surface area contributed by atoms with E-state index in [4.69, 9.17) is 0 Å². The number of carbonyl (C=O) groups excluding carboxylic acids is 1. The van der Waals surface area contributed by atoms with E-state index in [9.17, 15) is 4.79 Å². The molecule has 1 N–H and O–H groups in total. The third-order valence-corrected chi connectivity index (χ3v) is 4.55. The number of carbonyl (C=O) groups is 1. The predicted molar refractivity (Wildman–Crippen MR) is 99.4 cm³/mol. The van der Waals surface area contributed by atoms with Crippen LogP contribution in [0.1, 0.15) is 46.3 Å². The molecule has 0 spiro atoms. The number of piperidine rings is 1. The summed E-state index contributed by atoms with van der Waals surface area (Å²) in [6.45, 7) is 7.44. The SMILES string of the molecule is Cc1cc(C)cc(NC(=O)c2ccc(CN3CCCCC3)cc2)c1. The summed E-state index contributed by atoms with van der Waals surface area (Å²) >= 11 is 0. The van der Waals surface area contributed by atoms with Crippen molar-refractivity contribution >= 4 is 11.6 Å². The van der Waals surface area contributed by atoms with Crippen molar-refractivity contribution in [3.63, 3.8) is 0 Å². The van der Waals surface area contributed by atoms with E-state index in [0.29, 0.717) is 5.56 Å². The molecule has 1 aliphatic rings. The molecule has 3 rings (SSSR count). The molecule has 0 aliphatic carbocycles. The van der Waals surface area contributed by atoms with Crippen molar-refractivity contribution in [3.8, 4) is 0 Å². The molecule has 1 fully saturated rings. The number of amides is 1. The van der Waals surface area contributed by atoms with Crippen LogP contribution in [0.2, 0.25) is 0 Å². The molecule has 0 unspecified atom stereocenters. The van der Waals surface area contributed by atoms with Crippen LogP contribution < -0.4 is 5.32 Å². The number of hydrogen-bond acceptors (Lipinski definition) is 2. The average Bonchev–Trinajstić information content (AvgIpc) is 2.55. The smallest absolute Gasteiger partial charge is 0.255 e. The van der Waals surface area contributed by atoms with Gasteiger partial charge in [0.05, 0.1) is 0 Å². The maximum Gasteiger partial charge on any atom is 0.255 e. The Morgan fingerprint density at radius 3 is 2.21 bits per heavy atom. The van der Waals surface area contributed by atoms with Crippen molar-refractivity contribution in [2.75, 3.05) is 18.4 Å². The van der Waals surface area contributed by atoms with E-state index in [1.54, 1.807) is 0 Å². The number of benzene rings is 2. The number of likely N-dealkylation sites (tertiary alicyclic amines) is 1. The third-order valence-electron chi connectivity index (χ3n) is 4.55. The summed E-state index contributed by atoms with van der Waals surface area (Å²) in [5.41, 5.74) is 5.15. The first kappa shape index (κ1) is 16.7. The van der Waals surface area contributed by atoms with Crippen LogP contribution in [-0.4, -0.2) is 23.9 Å². The molecule has 3 heteroatoms. The summed E-state index contributed by atoms with van der Waals surface area (Å²) in [5.74, 6) is -0.0514. The van der Waals surface area contributed by atoms with Crippen molar-refractivity contribution in [1.29, 1.82) is 0 Å². The van der Waals surface area contributed by atoms with Crippen LogP contribution >= 0.6 is 0 Å². The summed E-state index contributed by atoms with van der Waals surface area (Å²) in [6, 6.07) is 14.1. The molecular weight excluding hydrogens is 296 g/mol. The molecule has 0 aromatic heterocycles. The largest absolute Gasteiger partial charge is 0.322 e. The fourth-order valence-electron chi connectivity index (χ4n) is 3.39. The van der Waals surface area contributed by atoms with Crippen molar-refractivity contribution in [2.24, 2.45) is 0 Å². The Hall–Kier alpha value is -2.13. The Bertz CT molecular complexity index is 680. The van der Waals surface area contributed by atoms with E-state index in [-0.39, 0.29) is 5.91 Å². The highest BCUT2D eigenvalue weighted by Crippen LogP contribution is 2.16. The highest BCUT2D eigenvalue weighted by atomic mass is 16.1. The van der Waals surface area contributed by atoms with Gasteiger partial charge in [0, 0.05) is 17.8 Å². The summed E-state index contributed by atoms with van der Waals surface area (Å²) < 4.78 is 0. The van der Waals surface area contributed by atoms with Gasteiger partial charge in [-0.05, 0) is 80.7 Å². The minimum atomic E-state index is -0.0514. The highest BCUT2D eigenvalue weighted by molar-refractivity contribution is 6.04. The van der Waals surface area contributed by atoms with Crippen LogP contribution in [0.25, 0.3) is 0 Å². The summed E-state index contributed by atoms with van der Waals surface area (Å²) in [6.07, 6.45) is 3.96. The maximum atomic E-state index is 12.4. The lowest BCUT2D eigenvalue weighted by atomic mass is 10.1. The van der Waals surface area contributed by atoms with E-state index in [0.717, 1.165) is 23.4 Å². The molecule has 0 radical (unpaired) electrons. The second-order valence-corrected chi connectivity index (χ2v) is 6.86. The third kappa shape index (κ3) is 4.45. The Labute approximate surface area is 144 Å². The van der Waals surface area contributed by atoms with E-state index < -0.39 is 0 Å². The molecule has 0 bridgehead atoms. The van der Waals surface area contributed by atoms with Crippen LogP contribution in [0.15, 0.2) is 42.5 Å². The van der Waals surface area contributed by atoms with Gasteiger partial charge in [-0.15, -0.1) is 0 Å². The molecule has 1 amide bonds. The van der Waals surface area contributed by atoms with Gasteiger partial charge in [-0.3, -0.25) is 9.69 Å². The van der Waals surface area contributed by atoms with E-state index >= 15 is 0 Å². The molecule has 24 heavy (non-hydrogen) atoms. The fraction of sp³-hybridized carbons (Fsp3) is 0.381. The second-order valence-electron chi connectivity index (χ2n) is 6.86. The first-order valence-corrected chi connectivity index (χ1v) is 8.81. The van der Waals surface area contributed by atoms with Crippen LogP contribution in [0.3, 0.4) is 0 Å². The molecule has 0 atom stereocenters. The number of anilines is 1. The summed E-state index contributed by atoms with van der Waals surface area (Å²) in [4.78, 5) is 14.9. The maximum absolute atomic E-state index is 12.4. The van der Waals surface area contributed by atoms with Gasteiger partial charge in [-0.1, -0.05) is 24.6 Å². The van der Waals surface area contributed by atoms with Gasteiger partial charge >= 0.3 is 0 Å². The van der Waals surface area contributed by atoms with Gasteiger partial charge in [0.25, 0.3) is 5.91 Å². The van der Waals surface area contributed by atoms with Crippen molar-refractivity contribution in [1.82, 2.24) is 4.90 Å². The van der Waals surface area contributed by atoms with Gasteiger partial charge in [-0.25, -0.2) is 0 Å². The van der Waals surface area contributed by atoms with Gasteiger partial charge in [-0.2, -0.15) is 0 Å². The molecule has 1 saturated heterocycles. The Kier molecular flexibility index (Phi) is 5.31. The first-order chi connectivity index (χ1) is 11.6. The predicted octanol–water partition coefficient (Wildman–Crippen LogP) is 4.54. The molecule has 2 aromatic rings. The lowest BCUT2D eigenvalue weighted by molar-refractivity contribution is 0.102. The lowest BCUT2D eigenvalue weighted by Gasteiger charge is -2.26. The summed E-state index contributed by atoms with van der Waals surface area (Å²) in [5, 5.41) is 2.99. The van der Waals surface area contributed by atoms with Crippen molar-refractivity contribution in [3.05, 3.63) is 64.7 Å². The number of nitrogens with one attached hydrogen (secondary N) is 1. The number of rotatable bonds is 4. The quantitative estimate of drug-likeness (QED) is 0.896. The van der Waals surface area contributed by atoms with Gasteiger partial charge < -0.3 is 5.32 Å². The first-order valence-electron chi connectivity index (χ1n) is 8.81. The molecule has 1 heterocycles. The lowest BCUT2D eigenvalue weighted by Crippen LogP contribution is -2.29. The monoisotopic (exact) mass is 322 g/mol. The fourth-order valence-corrected chi connectivity index (χ4v) is 3.39. The van der Waals surface area contributed by atoms with Gasteiger partial charge in [0.2, 0.25) is 0 Å². The summed E-state index contributed by atoms with van der Waals surface area (Å²) in [7, 11) is 0. The minimum Gasteiger partial charge on any atom is -0.322 e. The topological polar surface area (TPSA) is 32.3 Å². The zero-order valence-electron chi connectivity index (χ0n) is 14.6. The normalized spacial score (nSPS) is 15.2. The van der Waals surface area contributed by atoms with Crippen LogP contribution in [0, 0.1) is 13.8 Å². The van der Waals surface area contributed by atoms with E-state index in [1.165, 1.54) is 37.9 Å². The molecular formula is C21H26N2O.